The predicted molar refractivity (Wildman–Crippen MR) is 95.3 cm³/mol. The summed E-state index contributed by atoms with van der Waals surface area (Å²) in [7, 11) is 0. The lowest BCUT2D eigenvalue weighted by molar-refractivity contribution is 0.296. The molecule has 3 nitrogen and oxygen atoms in total. The average Bonchev–Trinajstić information content (AvgIpc) is 2.79. The van der Waals surface area contributed by atoms with Gasteiger partial charge in [-0.2, -0.15) is 0 Å². The van der Waals surface area contributed by atoms with Crippen LogP contribution in [0.4, 0.5) is 0 Å². The monoisotopic (exact) mass is 328 g/mol. The maximum absolute atomic E-state index is 6.04. The van der Waals surface area contributed by atoms with Crippen LogP contribution in [-0.4, -0.2) is 9.55 Å². The highest BCUT2D eigenvalue weighted by atomic mass is 35.5. The molecule has 0 radical (unpaired) electrons. The summed E-state index contributed by atoms with van der Waals surface area (Å²) >= 11 is 6.04. The Balaban J connectivity index is 1.99. The van der Waals surface area contributed by atoms with Crippen LogP contribution in [0.1, 0.15) is 30.2 Å². The van der Waals surface area contributed by atoms with Crippen molar-refractivity contribution in [3.8, 4) is 5.88 Å². The smallest absolute Gasteiger partial charge is 0.238 e. The van der Waals surface area contributed by atoms with Gasteiger partial charge in [0.2, 0.25) is 5.88 Å². The normalized spacial score (nSPS) is 11.1. The Hall–Kier alpha value is -2.00. The van der Waals surface area contributed by atoms with Gasteiger partial charge in [0, 0.05) is 28.8 Å². The first-order valence-electron chi connectivity index (χ1n) is 7.93. The van der Waals surface area contributed by atoms with Gasteiger partial charge in [-0.25, -0.2) is 4.98 Å². The number of benzene rings is 1. The fraction of sp³-hybridized carbons (Fsp3) is 0.316. The average molecular weight is 329 g/mol. The zero-order valence-electron chi connectivity index (χ0n) is 13.8. The van der Waals surface area contributed by atoms with E-state index >= 15 is 0 Å². The van der Waals surface area contributed by atoms with E-state index in [4.69, 9.17) is 16.3 Å². The number of pyridine rings is 1. The third-order valence-corrected chi connectivity index (χ3v) is 4.46. The standard InChI is InChI=1S/C19H21ClN2O/c1-4-10-22-14(3)13(2)17-8-9-21-19(18(17)22)23-12-15-6-5-7-16(20)11-15/h5-9,11H,4,10,12H2,1-3H3. The number of hydrogen-bond acceptors (Lipinski definition) is 2. The van der Waals surface area contributed by atoms with Gasteiger partial charge in [-0.3, -0.25) is 0 Å². The van der Waals surface area contributed by atoms with Crippen molar-refractivity contribution in [3.63, 3.8) is 0 Å². The minimum absolute atomic E-state index is 0.460. The lowest BCUT2D eigenvalue weighted by Crippen LogP contribution is -2.03. The van der Waals surface area contributed by atoms with Crippen molar-refractivity contribution in [3.05, 3.63) is 58.4 Å². The fourth-order valence-corrected chi connectivity index (χ4v) is 3.16. The lowest BCUT2D eigenvalue weighted by Gasteiger charge is -2.11. The van der Waals surface area contributed by atoms with E-state index in [-0.39, 0.29) is 0 Å². The third-order valence-electron chi connectivity index (χ3n) is 4.22. The molecule has 2 heterocycles. The first kappa shape index (κ1) is 15.9. The molecule has 0 aliphatic heterocycles. The van der Waals surface area contributed by atoms with Crippen LogP contribution in [0.25, 0.3) is 10.9 Å². The van der Waals surface area contributed by atoms with Crippen molar-refractivity contribution in [2.24, 2.45) is 0 Å². The molecule has 0 aliphatic carbocycles. The number of fused-ring (bicyclic) bond motifs is 1. The van der Waals surface area contributed by atoms with Gasteiger partial charge in [-0.15, -0.1) is 0 Å². The number of hydrogen-bond donors (Lipinski definition) is 0. The maximum Gasteiger partial charge on any atom is 0.238 e. The van der Waals surface area contributed by atoms with Crippen LogP contribution in [-0.2, 0) is 13.2 Å². The quantitative estimate of drug-likeness (QED) is 0.635. The highest BCUT2D eigenvalue weighted by Gasteiger charge is 2.15. The third kappa shape index (κ3) is 3.06. The van der Waals surface area contributed by atoms with Crippen molar-refractivity contribution in [2.75, 3.05) is 0 Å². The van der Waals surface area contributed by atoms with Gasteiger partial charge in [0.15, 0.2) is 0 Å². The summed E-state index contributed by atoms with van der Waals surface area (Å²) in [5.74, 6) is 0.687. The molecular weight excluding hydrogens is 308 g/mol. The Labute approximate surface area is 141 Å². The molecule has 4 heteroatoms. The van der Waals surface area contributed by atoms with Crippen LogP contribution in [0.15, 0.2) is 36.5 Å². The Bertz CT molecular complexity index is 839. The summed E-state index contributed by atoms with van der Waals surface area (Å²) in [6, 6.07) is 9.79. The van der Waals surface area contributed by atoms with Crippen LogP contribution in [0, 0.1) is 13.8 Å². The van der Waals surface area contributed by atoms with E-state index < -0.39 is 0 Å². The predicted octanol–water partition coefficient (Wildman–Crippen LogP) is 5.30. The molecule has 2 aromatic heterocycles. The summed E-state index contributed by atoms with van der Waals surface area (Å²) in [6.07, 6.45) is 2.89. The van der Waals surface area contributed by atoms with Crippen LogP contribution in [0.3, 0.4) is 0 Å². The second-order valence-corrected chi connectivity index (χ2v) is 6.23. The summed E-state index contributed by atoms with van der Waals surface area (Å²) in [4.78, 5) is 4.47. The summed E-state index contributed by atoms with van der Waals surface area (Å²) in [5, 5.41) is 1.94. The summed E-state index contributed by atoms with van der Waals surface area (Å²) in [6.45, 7) is 7.93. The SMILES string of the molecule is CCCn1c(C)c(C)c2ccnc(OCc3cccc(Cl)c3)c21. The zero-order valence-corrected chi connectivity index (χ0v) is 14.5. The Morgan fingerprint density at radius 1 is 1.22 bits per heavy atom. The number of aromatic nitrogens is 2. The highest BCUT2D eigenvalue weighted by molar-refractivity contribution is 6.30. The molecule has 0 unspecified atom stereocenters. The first-order valence-corrected chi connectivity index (χ1v) is 8.31. The number of rotatable bonds is 5. The Morgan fingerprint density at radius 3 is 2.78 bits per heavy atom. The molecule has 0 atom stereocenters. The minimum Gasteiger partial charge on any atom is -0.471 e. The van der Waals surface area contributed by atoms with Crippen molar-refractivity contribution in [2.45, 2.75) is 40.3 Å². The van der Waals surface area contributed by atoms with Gasteiger partial charge < -0.3 is 9.30 Å². The molecule has 0 N–H and O–H groups in total. The number of ether oxygens (including phenoxy) is 1. The minimum atomic E-state index is 0.460. The van der Waals surface area contributed by atoms with Crippen molar-refractivity contribution in [1.29, 1.82) is 0 Å². The lowest BCUT2D eigenvalue weighted by atomic mass is 10.2. The van der Waals surface area contributed by atoms with Crippen LogP contribution in [0.5, 0.6) is 5.88 Å². The second-order valence-electron chi connectivity index (χ2n) is 5.79. The molecule has 0 saturated carbocycles. The molecule has 3 rings (SSSR count). The van der Waals surface area contributed by atoms with Gasteiger partial charge >= 0.3 is 0 Å². The largest absolute Gasteiger partial charge is 0.471 e. The van der Waals surface area contributed by atoms with E-state index in [1.54, 1.807) is 0 Å². The second kappa shape index (κ2) is 6.63. The molecule has 0 spiro atoms. The molecule has 1 aromatic carbocycles. The van der Waals surface area contributed by atoms with Crippen molar-refractivity contribution in [1.82, 2.24) is 9.55 Å². The molecule has 0 fully saturated rings. The van der Waals surface area contributed by atoms with E-state index in [0.717, 1.165) is 29.1 Å². The number of aryl methyl sites for hydroxylation is 2. The summed E-state index contributed by atoms with van der Waals surface area (Å²) < 4.78 is 8.34. The summed E-state index contributed by atoms with van der Waals surface area (Å²) in [5.41, 5.74) is 4.70. The zero-order chi connectivity index (χ0) is 16.4. The Morgan fingerprint density at radius 2 is 2.04 bits per heavy atom. The fourth-order valence-electron chi connectivity index (χ4n) is 2.95. The molecule has 120 valence electrons. The number of halogens is 1. The van der Waals surface area contributed by atoms with Crippen LogP contribution >= 0.6 is 11.6 Å². The van der Waals surface area contributed by atoms with E-state index in [1.807, 2.05) is 30.5 Å². The van der Waals surface area contributed by atoms with Crippen molar-refractivity contribution < 1.29 is 4.74 Å². The van der Waals surface area contributed by atoms with Gasteiger partial charge in [-0.05, 0) is 49.6 Å². The molecule has 0 saturated heterocycles. The van der Waals surface area contributed by atoms with E-state index in [1.165, 1.54) is 16.6 Å². The van der Waals surface area contributed by atoms with E-state index in [2.05, 4.69) is 36.4 Å². The number of nitrogens with zero attached hydrogens (tertiary/aromatic N) is 2. The maximum atomic E-state index is 6.04. The van der Waals surface area contributed by atoms with Gasteiger partial charge in [0.25, 0.3) is 0 Å². The molecule has 0 amide bonds. The van der Waals surface area contributed by atoms with E-state index in [9.17, 15) is 0 Å². The van der Waals surface area contributed by atoms with Crippen LogP contribution < -0.4 is 4.74 Å². The molecule has 3 aromatic rings. The van der Waals surface area contributed by atoms with Crippen molar-refractivity contribution >= 4 is 22.5 Å². The molecule has 0 aliphatic rings. The topological polar surface area (TPSA) is 27.1 Å². The molecule has 23 heavy (non-hydrogen) atoms. The van der Waals surface area contributed by atoms with E-state index in [0.29, 0.717) is 12.5 Å². The molecule has 0 bridgehead atoms. The first-order chi connectivity index (χ1) is 11.1. The molecular formula is C19H21ClN2O. The highest BCUT2D eigenvalue weighted by Crippen LogP contribution is 2.31. The van der Waals surface area contributed by atoms with Crippen LogP contribution in [0.2, 0.25) is 5.02 Å². The van der Waals surface area contributed by atoms with Gasteiger partial charge in [-0.1, -0.05) is 30.7 Å². The van der Waals surface area contributed by atoms with Gasteiger partial charge in [0.05, 0.1) is 0 Å². The van der Waals surface area contributed by atoms with Gasteiger partial charge in [0.1, 0.15) is 12.1 Å². The Kier molecular flexibility index (Phi) is 4.58.